The summed E-state index contributed by atoms with van der Waals surface area (Å²) in [5.74, 6) is 0.614. The van der Waals surface area contributed by atoms with Crippen LogP contribution >= 0.6 is 11.8 Å². The van der Waals surface area contributed by atoms with E-state index in [0.717, 1.165) is 10.6 Å². The highest BCUT2D eigenvalue weighted by molar-refractivity contribution is 7.98. The molecular weight excluding hydrogens is 270 g/mol. The van der Waals surface area contributed by atoms with Crippen LogP contribution in [0, 0.1) is 11.3 Å². The van der Waals surface area contributed by atoms with E-state index in [1.807, 2.05) is 36.4 Å². The third-order valence-electron chi connectivity index (χ3n) is 2.53. The van der Waals surface area contributed by atoms with Gasteiger partial charge in [-0.1, -0.05) is 30.3 Å². The van der Waals surface area contributed by atoms with E-state index < -0.39 is 0 Å². The number of hydrogen-bond acceptors (Lipinski definition) is 4. The van der Waals surface area contributed by atoms with Crippen molar-refractivity contribution in [1.29, 1.82) is 5.26 Å². The summed E-state index contributed by atoms with van der Waals surface area (Å²) in [4.78, 5) is 16.1. The lowest BCUT2D eigenvalue weighted by Gasteiger charge is -2.09. The van der Waals surface area contributed by atoms with Gasteiger partial charge in [-0.25, -0.2) is 4.98 Å². The van der Waals surface area contributed by atoms with Crippen molar-refractivity contribution in [3.8, 4) is 6.07 Å². The fourth-order valence-electron chi connectivity index (χ4n) is 1.64. The fourth-order valence-corrected chi connectivity index (χ4v) is 2.55. The van der Waals surface area contributed by atoms with Gasteiger partial charge in [-0.05, 0) is 11.6 Å². The van der Waals surface area contributed by atoms with Crippen molar-refractivity contribution in [2.75, 3.05) is 5.32 Å². The lowest BCUT2D eigenvalue weighted by molar-refractivity contribution is -0.114. The molecule has 0 atom stereocenters. The minimum Gasteiger partial charge on any atom is -0.325 e. The number of nitriles is 1. The van der Waals surface area contributed by atoms with Gasteiger partial charge in [0.05, 0.1) is 5.69 Å². The highest BCUT2D eigenvalue weighted by Gasteiger charge is 2.07. The fraction of sp³-hybridized carbons (Fsp3) is 0.133. The lowest BCUT2D eigenvalue weighted by Crippen LogP contribution is -2.07. The van der Waals surface area contributed by atoms with E-state index in [9.17, 15) is 4.79 Å². The molecule has 0 fully saturated rings. The molecule has 0 spiro atoms. The molecule has 0 saturated heterocycles. The van der Waals surface area contributed by atoms with Crippen LogP contribution in [0.2, 0.25) is 0 Å². The van der Waals surface area contributed by atoms with Crippen LogP contribution in [-0.4, -0.2) is 10.9 Å². The number of thioether (sulfide) groups is 1. The number of hydrogen-bond donors (Lipinski definition) is 1. The Balaban J connectivity index is 2.18. The summed E-state index contributed by atoms with van der Waals surface area (Å²) in [6, 6.07) is 13.6. The minimum atomic E-state index is -0.165. The van der Waals surface area contributed by atoms with Crippen LogP contribution in [0.25, 0.3) is 0 Å². The van der Waals surface area contributed by atoms with Crippen LogP contribution in [0.5, 0.6) is 0 Å². The lowest BCUT2D eigenvalue weighted by atomic mass is 10.2. The van der Waals surface area contributed by atoms with Gasteiger partial charge in [-0.2, -0.15) is 5.26 Å². The van der Waals surface area contributed by atoms with E-state index in [1.165, 1.54) is 12.5 Å². The van der Waals surface area contributed by atoms with E-state index >= 15 is 0 Å². The first-order valence-corrected chi connectivity index (χ1v) is 7.02. The van der Waals surface area contributed by atoms with Crippen molar-refractivity contribution in [1.82, 2.24) is 4.98 Å². The molecule has 0 bridgehead atoms. The summed E-state index contributed by atoms with van der Waals surface area (Å²) >= 11 is 1.57. The van der Waals surface area contributed by atoms with Gasteiger partial charge in [0, 0.05) is 23.8 Å². The average molecular weight is 283 g/mol. The molecule has 0 aliphatic rings. The number of amides is 1. The molecule has 1 N–H and O–H groups in total. The Morgan fingerprint density at radius 2 is 2.15 bits per heavy atom. The topological polar surface area (TPSA) is 65.8 Å². The third kappa shape index (κ3) is 3.84. The van der Waals surface area contributed by atoms with E-state index in [-0.39, 0.29) is 11.6 Å². The third-order valence-corrected chi connectivity index (χ3v) is 3.64. The molecular formula is C15H13N3OS. The minimum absolute atomic E-state index is 0.165. The molecule has 20 heavy (non-hydrogen) atoms. The van der Waals surface area contributed by atoms with Crippen molar-refractivity contribution < 1.29 is 4.79 Å². The number of rotatable bonds is 4. The number of pyridine rings is 1. The summed E-state index contributed by atoms with van der Waals surface area (Å²) in [5.41, 5.74) is 2.11. The number of aromatic nitrogens is 1. The second-order valence-electron chi connectivity index (χ2n) is 4.13. The molecule has 2 aromatic rings. The van der Waals surface area contributed by atoms with E-state index in [2.05, 4.69) is 10.3 Å². The molecule has 0 radical (unpaired) electrons. The van der Waals surface area contributed by atoms with Gasteiger partial charge in [0.2, 0.25) is 5.91 Å². The van der Waals surface area contributed by atoms with Gasteiger partial charge in [0.15, 0.2) is 0 Å². The first kappa shape index (κ1) is 14.1. The largest absolute Gasteiger partial charge is 0.325 e. The molecule has 0 unspecified atom stereocenters. The van der Waals surface area contributed by atoms with E-state index in [4.69, 9.17) is 5.26 Å². The van der Waals surface area contributed by atoms with Crippen molar-refractivity contribution in [3.63, 3.8) is 0 Å². The molecule has 1 amide bonds. The Hall–Kier alpha value is -2.32. The van der Waals surface area contributed by atoms with E-state index in [0.29, 0.717) is 5.69 Å². The zero-order valence-corrected chi connectivity index (χ0v) is 11.8. The molecule has 4 nitrogen and oxygen atoms in total. The second kappa shape index (κ2) is 6.73. The van der Waals surface area contributed by atoms with Crippen LogP contribution in [-0.2, 0) is 10.5 Å². The van der Waals surface area contributed by atoms with Crippen molar-refractivity contribution in [2.24, 2.45) is 0 Å². The van der Waals surface area contributed by atoms with Crippen molar-refractivity contribution in [2.45, 2.75) is 17.6 Å². The molecule has 1 aromatic carbocycles. The van der Waals surface area contributed by atoms with Crippen molar-refractivity contribution in [3.05, 3.63) is 53.9 Å². The molecule has 2 rings (SSSR count). The second-order valence-corrected chi connectivity index (χ2v) is 5.15. The first-order chi connectivity index (χ1) is 9.69. The maximum absolute atomic E-state index is 11.2. The highest BCUT2D eigenvalue weighted by atomic mass is 32.2. The Kier molecular flexibility index (Phi) is 4.75. The monoisotopic (exact) mass is 283 g/mol. The number of nitrogens with zero attached hydrogens (tertiary/aromatic N) is 2. The molecule has 1 aromatic heterocycles. The van der Waals surface area contributed by atoms with Gasteiger partial charge in [0.1, 0.15) is 11.8 Å². The molecule has 1 heterocycles. The zero-order chi connectivity index (χ0) is 14.4. The summed E-state index contributed by atoms with van der Waals surface area (Å²) in [6.07, 6.45) is 1.62. The Morgan fingerprint density at radius 1 is 1.40 bits per heavy atom. The van der Waals surface area contributed by atoms with Gasteiger partial charge in [-0.3, -0.25) is 4.79 Å². The average Bonchev–Trinajstić information content (AvgIpc) is 2.46. The number of benzene rings is 1. The maximum atomic E-state index is 11.2. The number of nitrogens with one attached hydrogen (secondary N) is 1. The maximum Gasteiger partial charge on any atom is 0.221 e. The molecule has 0 saturated carbocycles. The normalized spacial score (nSPS) is 9.80. The predicted molar refractivity (Wildman–Crippen MR) is 79.3 cm³/mol. The van der Waals surface area contributed by atoms with E-state index in [1.54, 1.807) is 24.0 Å². The Bertz CT molecular complexity index is 650. The van der Waals surface area contributed by atoms with Crippen LogP contribution in [0.1, 0.15) is 18.2 Å². The smallest absolute Gasteiger partial charge is 0.221 e. The number of carbonyl (C=O) groups excluding carboxylic acids is 1. The zero-order valence-electron chi connectivity index (χ0n) is 11.0. The standard InChI is InChI=1S/C15H13N3OS/c1-11(19)18-14-7-13(8-16)17-9-15(14)20-10-12-5-3-2-4-6-12/h2-7,9H,10H2,1H3,(H,17,18,19). The summed E-state index contributed by atoms with van der Waals surface area (Å²) in [5, 5.41) is 11.6. The van der Waals surface area contributed by atoms with Crippen molar-refractivity contribution >= 4 is 23.4 Å². The van der Waals surface area contributed by atoms with Gasteiger partial charge in [0.25, 0.3) is 0 Å². The van der Waals surface area contributed by atoms with Gasteiger partial charge >= 0.3 is 0 Å². The number of carbonyl (C=O) groups is 1. The summed E-state index contributed by atoms with van der Waals surface area (Å²) in [6.45, 7) is 1.44. The summed E-state index contributed by atoms with van der Waals surface area (Å²) in [7, 11) is 0. The molecule has 0 aliphatic carbocycles. The predicted octanol–water partition coefficient (Wildman–Crippen LogP) is 3.20. The highest BCUT2D eigenvalue weighted by Crippen LogP contribution is 2.29. The molecule has 100 valence electrons. The van der Waals surface area contributed by atoms with Crippen LogP contribution < -0.4 is 5.32 Å². The Labute approximate surface area is 121 Å². The van der Waals surface area contributed by atoms with Crippen LogP contribution in [0.3, 0.4) is 0 Å². The van der Waals surface area contributed by atoms with Gasteiger partial charge in [-0.15, -0.1) is 11.8 Å². The SMILES string of the molecule is CC(=O)Nc1cc(C#N)ncc1SCc1ccccc1. The van der Waals surface area contributed by atoms with Crippen LogP contribution in [0.4, 0.5) is 5.69 Å². The number of anilines is 1. The molecule has 0 aliphatic heterocycles. The quantitative estimate of drug-likeness (QED) is 0.875. The molecule has 5 heteroatoms. The van der Waals surface area contributed by atoms with Crippen LogP contribution in [0.15, 0.2) is 47.5 Å². The Morgan fingerprint density at radius 3 is 2.80 bits per heavy atom. The first-order valence-electron chi connectivity index (χ1n) is 6.03. The summed E-state index contributed by atoms with van der Waals surface area (Å²) < 4.78 is 0. The van der Waals surface area contributed by atoms with Gasteiger partial charge < -0.3 is 5.32 Å².